The van der Waals surface area contributed by atoms with Crippen LogP contribution in [0.15, 0.2) is 25.9 Å². The Bertz CT molecular complexity index is 437. The Hall–Kier alpha value is -0.500. The number of aromatic nitrogens is 1. The van der Waals surface area contributed by atoms with Crippen LogP contribution in [0, 0.1) is 3.57 Å². The standard InChI is InChI=1S/C7H4BrIN2O2/c8-4-1-3(2-12-4)6-5(9)7(10)11-13-6/h1-2H,(H2,10,11). The summed E-state index contributed by atoms with van der Waals surface area (Å²) in [4.78, 5) is 0. The lowest BCUT2D eigenvalue weighted by Gasteiger charge is -1.87. The van der Waals surface area contributed by atoms with Crippen molar-refractivity contribution in [1.82, 2.24) is 5.16 Å². The van der Waals surface area contributed by atoms with E-state index >= 15 is 0 Å². The van der Waals surface area contributed by atoms with Crippen molar-refractivity contribution in [3.8, 4) is 11.3 Å². The second-order valence-corrected chi connectivity index (χ2v) is 4.21. The molecule has 0 bridgehead atoms. The molecule has 2 aromatic rings. The second-order valence-electron chi connectivity index (χ2n) is 2.35. The van der Waals surface area contributed by atoms with Crippen LogP contribution < -0.4 is 5.73 Å². The Morgan fingerprint density at radius 3 is 2.77 bits per heavy atom. The molecule has 68 valence electrons. The molecule has 13 heavy (non-hydrogen) atoms. The first-order valence-corrected chi connectivity index (χ1v) is 5.20. The fourth-order valence-corrected chi connectivity index (χ4v) is 1.75. The van der Waals surface area contributed by atoms with E-state index < -0.39 is 0 Å². The summed E-state index contributed by atoms with van der Waals surface area (Å²) in [5.74, 6) is 1.03. The molecule has 0 aromatic carbocycles. The van der Waals surface area contributed by atoms with Crippen LogP contribution >= 0.6 is 38.5 Å². The van der Waals surface area contributed by atoms with Gasteiger partial charge in [0.05, 0.1) is 5.56 Å². The summed E-state index contributed by atoms with van der Waals surface area (Å²) in [6.45, 7) is 0. The van der Waals surface area contributed by atoms with Crippen LogP contribution in [0.4, 0.5) is 5.82 Å². The quantitative estimate of drug-likeness (QED) is 0.800. The molecular weight excluding hydrogens is 351 g/mol. The third-order valence-electron chi connectivity index (χ3n) is 1.49. The van der Waals surface area contributed by atoms with Crippen LogP contribution in [0.25, 0.3) is 11.3 Å². The lowest BCUT2D eigenvalue weighted by molar-refractivity contribution is 0.434. The van der Waals surface area contributed by atoms with Gasteiger partial charge in [0.25, 0.3) is 0 Å². The predicted octanol–water partition coefficient (Wildman–Crippen LogP) is 2.88. The number of nitrogens with zero attached hydrogens (tertiary/aromatic N) is 1. The van der Waals surface area contributed by atoms with Crippen LogP contribution in [0.5, 0.6) is 0 Å². The highest BCUT2D eigenvalue weighted by Crippen LogP contribution is 2.31. The van der Waals surface area contributed by atoms with E-state index in [2.05, 4.69) is 43.7 Å². The van der Waals surface area contributed by atoms with Gasteiger partial charge in [-0.3, -0.25) is 0 Å². The van der Waals surface area contributed by atoms with E-state index in [9.17, 15) is 0 Å². The van der Waals surface area contributed by atoms with Gasteiger partial charge in [-0.1, -0.05) is 5.16 Å². The molecule has 2 heterocycles. The lowest BCUT2D eigenvalue weighted by atomic mass is 10.3. The summed E-state index contributed by atoms with van der Waals surface area (Å²) >= 11 is 5.27. The van der Waals surface area contributed by atoms with Gasteiger partial charge in [-0.2, -0.15) is 0 Å². The van der Waals surface area contributed by atoms with Gasteiger partial charge >= 0.3 is 0 Å². The van der Waals surface area contributed by atoms with Gasteiger partial charge < -0.3 is 14.7 Å². The Kier molecular flexibility index (Phi) is 2.33. The molecule has 0 aliphatic rings. The maximum Gasteiger partial charge on any atom is 0.185 e. The fraction of sp³-hybridized carbons (Fsp3) is 0. The highest BCUT2D eigenvalue weighted by atomic mass is 127. The van der Waals surface area contributed by atoms with Gasteiger partial charge in [0.1, 0.15) is 9.83 Å². The van der Waals surface area contributed by atoms with Gasteiger partial charge in [-0.25, -0.2) is 0 Å². The first kappa shape index (κ1) is 9.07. The van der Waals surface area contributed by atoms with Gasteiger partial charge in [-0.15, -0.1) is 0 Å². The molecule has 6 heteroatoms. The third-order valence-corrected chi connectivity index (χ3v) is 2.95. The SMILES string of the molecule is Nc1noc(-c2coc(Br)c2)c1I. The molecule has 2 rings (SSSR count). The molecule has 0 aliphatic carbocycles. The molecule has 0 aliphatic heterocycles. The van der Waals surface area contributed by atoms with Gasteiger partial charge in [0.15, 0.2) is 16.2 Å². The van der Waals surface area contributed by atoms with E-state index in [1.54, 1.807) is 12.3 Å². The zero-order chi connectivity index (χ0) is 9.42. The predicted molar refractivity (Wildman–Crippen MR) is 59.0 cm³/mol. The Labute approximate surface area is 95.7 Å². The molecule has 0 radical (unpaired) electrons. The second kappa shape index (κ2) is 3.33. The van der Waals surface area contributed by atoms with E-state index in [0.29, 0.717) is 16.2 Å². The maximum absolute atomic E-state index is 5.53. The van der Waals surface area contributed by atoms with Crippen molar-refractivity contribution in [3.05, 3.63) is 20.6 Å². The first-order valence-electron chi connectivity index (χ1n) is 3.33. The third kappa shape index (κ3) is 1.60. The van der Waals surface area contributed by atoms with Crippen LogP contribution in [0.1, 0.15) is 0 Å². The number of halogens is 2. The van der Waals surface area contributed by atoms with Crippen LogP contribution in [-0.4, -0.2) is 5.16 Å². The normalized spacial score (nSPS) is 10.6. The molecule has 0 amide bonds. The molecule has 4 nitrogen and oxygen atoms in total. The summed E-state index contributed by atoms with van der Waals surface area (Å²) in [6, 6.07) is 1.79. The topological polar surface area (TPSA) is 65.2 Å². The lowest BCUT2D eigenvalue weighted by Crippen LogP contribution is -1.85. The van der Waals surface area contributed by atoms with E-state index in [-0.39, 0.29) is 0 Å². The van der Waals surface area contributed by atoms with Crippen LogP contribution in [0.2, 0.25) is 0 Å². The van der Waals surface area contributed by atoms with Crippen molar-refractivity contribution in [2.75, 3.05) is 5.73 Å². The largest absolute Gasteiger partial charge is 0.457 e. The minimum absolute atomic E-state index is 0.396. The average Bonchev–Trinajstić information content (AvgIpc) is 2.62. The van der Waals surface area contributed by atoms with Crippen molar-refractivity contribution in [2.24, 2.45) is 0 Å². The van der Waals surface area contributed by atoms with E-state index in [1.165, 1.54) is 0 Å². The molecule has 0 atom stereocenters. The number of hydrogen-bond donors (Lipinski definition) is 1. The van der Waals surface area contributed by atoms with Crippen molar-refractivity contribution < 1.29 is 8.94 Å². The van der Waals surface area contributed by atoms with Gasteiger partial charge in [0, 0.05) is 6.07 Å². The summed E-state index contributed by atoms with van der Waals surface area (Å²) < 4.78 is 11.5. The molecule has 0 saturated carbocycles. The number of nitrogens with two attached hydrogens (primary N) is 1. The maximum atomic E-state index is 5.53. The summed E-state index contributed by atoms with van der Waals surface area (Å²) in [6.07, 6.45) is 1.58. The Morgan fingerprint density at radius 1 is 1.54 bits per heavy atom. The monoisotopic (exact) mass is 354 g/mol. The molecule has 0 fully saturated rings. The summed E-state index contributed by atoms with van der Waals surface area (Å²) in [5, 5.41) is 3.64. The Morgan fingerprint density at radius 2 is 2.31 bits per heavy atom. The molecule has 2 N–H and O–H groups in total. The van der Waals surface area contributed by atoms with E-state index in [0.717, 1.165) is 9.13 Å². The number of anilines is 1. The molecule has 0 saturated heterocycles. The zero-order valence-corrected chi connectivity index (χ0v) is 10.00. The molecular formula is C7H4BrIN2O2. The number of hydrogen-bond acceptors (Lipinski definition) is 4. The van der Waals surface area contributed by atoms with E-state index in [4.69, 9.17) is 14.7 Å². The molecule has 0 unspecified atom stereocenters. The van der Waals surface area contributed by atoms with Gasteiger partial charge in [0.2, 0.25) is 0 Å². The first-order chi connectivity index (χ1) is 6.18. The molecule has 2 aromatic heterocycles. The minimum atomic E-state index is 0.396. The number of rotatable bonds is 1. The highest BCUT2D eigenvalue weighted by molar-refractivity contribution is 14.1. The van der Waals surface area contributed by atoms with Crippen molar-refractivity contribution in [3.63, 3.8) is 0 Å². The van der Waals surface area contributed by atoms with E-state index in [1.807, 2.05) is 0 Å². The zero-order valence-electron chi connectivity index (χ0n) is 6.25. The Balaban J connectivity index is 2.52. The summed E-state index contributed by atoms with van der Waals surface area (Å²) in [7, 11) is 0. The van der Waals surface area contributed by atoms with Crippen molar-refractivity contribution >= 4 is 44.3 Å². The minimum Gasteiger partial charge on any atom is -0.457 e. The average molecular weight is 355 g/mol. The van der Waals surface area contributed by atoms with Crippen LogP contribution in [0.3, 0.4) is 0 Å². The number of nitrogen functional groups attached to an aromatic ring is 1. The fourth-order valence-electron chi connectivity index (χ4n) is 0.900. The van der Waals surface area contributed by atoms with Crippen LogP contribution in [-0.2, 0) is 0 Å². The van der Waals surface area contributed by atoms with Gasteiger partial charge in [-0.05, 0) is 38.5 Å². The van der Waals surface area contributed by atoms with Crippen molar-refractivity contribution in [2.45, 2.75) is 0 Å². The number of furan rings is 1. The summed E-state index contributed by atoms with van der Waals surface area (Å²) in [5.41, 5.74) is 6.35. The van der Waals surface area contributed by atoms with Crippen molar-refractivity contribution in [1.29, 1.82) is 0 Å². The smallest absolute Gasteiger partial charge is 0.185 e. The highest BCUT2D eigenvalue weighted by Gasteiger charge is 2.14. The molecule has 0 spiro atoms.